The van der Waals surface area contributed by atoms with E-state index in [1.54, 1.807) is 0 Å². The Hall–Kier alpha value is -0.570. The molecule has 1 atom stereocenters. The van der Waals surface area contributed by atoms with E-state index in [2.05, 4.69) is 27.3 Å². The Morgan fingerprint density at radius 1 is 1.30 bits per heavy atom. The van der Waals surface area contributed by atoms with E-state index in [0.29, 0.717) is 12.5 Å². The van der Waals surface area contributed by atoms with E-state index in [0.717, 1.165) is 31.3 Å². The summed E-state index contributed by atoms with van der Waals surface area (Å²) in [5.41, 5.74) is 7.13. The summed E-state index contributed by atoms with van der Waals surface area (Å²) in [7, 11) is 0. The molecular formula is C16H26ClIN4O. The summed E-state index contributed by atoms with van der Waals surface area (Å²) in [6.45, 7) is 8.02. The van der Waals surface area contributed by atoms with E-state index in [4.69, 9.17) is 22.1 Å². The average molecular weight is 453 g/mol. The number of benzene rings is 1. The van der Waals surface area contributed by atoms with Gasteiger partial charge in [-0.05, 0) is 31.5 Å². The minimum atomic E-state index is 0. The molecule has 1 saturated heterocycles. The zero-order valence-electron chi connectivity index (χ0n) is 13.7. The van der Waals surface area contributed by atoms with Crippen molar-refractivity contribution in [2.24, 2.45) is 10.7 Å². The van der Waals surface area contributed by atoms with Crippen LogP contribution in [0.15, 0.2) is 29.3 Å². The van der Waals surface area contributed by atoms with Crippen molar-refractivity contribution in [3.05, 3.63) is 34.9 Å². The maximum atomic E-state index is 6.00. The Kier molecular flexibility index (Phi) is 9.19. The Labute approximate surface area is 160 Å². The van der Waals surface area contributed by atoms with E-state index in [9.17, 15) is 0 Å². The summed E-state index contributed by atoms with van der Waals surface area (Å²) in [6.07, 6.45) is 0. The third-order valence-corrected chi connectivity index (χ3v) is 3.86. The third-order valence-electron chi connectivity index (χ3n) is 3.61. The van der Waals surface area contributed by atoms with Crippen molar-refractivity contribution >= 4 is 41.5 Å². The molecule has 0 radical (unpaired) electrons. The summed E-state index contributed by atoms with van der Waals surface area (Å²) in [4.78, 5) is 6.89. The fourth-order valence-corrected chi connectivity index (χ4v) is 2.66. The first-order valence-electron chi connectivity index (χ1n) is 7.70. The van der Waals surface area contributed by atoms with Crippen molar-refractivity contribution in [1.29, 1.82) is 0 Å². The molecule has 1 aromatic carbocycles. The third kappa shape index (κ3) is 6.82. The Bertz CT molecular complexity index is 489. The highest BCUT2D eigenvalue weighted by molar-refractivity contribution is 14.0. The van der Waals surface area contributed by atoms with Crippen molar-refractivity contribution in [3.8, 4) is 0 Å². The molecule has 5 nitrogen and oxygen atoms in total. The topological polar surface area (TPSA) is 62.9 Å². The first-order chi connectivity index (χ1) is 10.6. The molecule has 23 heavy (non-hydrogen) atoms. The quantitative estimate of drug-likeness (QED) is 0.410. The summed E-state index contributed by atoms with van der Waals surface area (Å²) >= 11 is 6.00. The zero-order valence-corrected chi connectivity index (χ0v) is 16.8. The molecule has 1 heterocycles. The second-order valence-electron chi connectivity index (χ2n) is 5.74. The molecule has 1 aliphatic heterocycles. The highest BCUT2D eigenvalue weighted by Gasteiger charge is 2.22. The summed E-state index contributed by atoms with van der Waals surface area (Å²) in [5, 5.41) is 3.87. The molecule has 1 aromatic rings. The number of hydrogen-bond acceptors (Lipinski definition) is 3. The normalized spacial score (nSPS) is 17.7. The molecule has 0 aromatic heterocycles. The number of morpholine rings is 1. The van der Waals surface area contributed by atoms with Crippen molar-refractivity contribution in [3.63, 3.8) is 0 Å². The van der Waals surface area contributed by atoms with Gasteiger partial charge in [-0.15, -0.1) is 24.0 Å². The maximum Gasteiger partial charge on any atom is 0.188 e. The van der Waals surface area contributed by atoms with Crippen molar-refractivity contribution in [2.75, 3.05) is 32.8 Å². The van der Waals surface area contributed by atoms with Crippen molar-refractivity contribution in [1.82, 2.24) is 10.2 Å². The van der Waals surface area contributed by atoms with Crippen LogP contribution >= 0.6 is 35.6 Å². The number of nitrogens with zero attached hydrogens (tertiary/aromatic N) is 2. The first-order valence-corrected chi connectivity index (χ1v) is 8.08. The van der Waals surface area contributed by atoms with E-state index < -0.39 is 0 Å². The lowest BCUT2D eigenvalue weighted by atomic mass is 10.0. The highest BCUT2D eigenvalue weighted by atomic mass is 127. The van der Waals surface area contributed by atoms with Crippen LogP contribution in [0.5, 0.6) is 0 Å². The van der Waals surface area contributed by atoms with Crippen LogP contribution in [0.3, 0.4) is 0 Å². The Morgan fingerprint density at radius 3 is 2.48 bits per heavy atom. The number of halogens is 2. The number of guanidine groups is 1. The summed E-state index contributed by atoms with van der Waals surface area (Å²) < 4.78 is 5.45. The van der Waals surface area contributed by atoms with Gasteiger partial charge in [0.25, 0.3) is 0 Å². The van der Waals surface area contributed by atoms with Crippen LogP contribution in [0.2, 0.25) is 5.02 Å². The van der Waals surface area contributed by atoms with Gasteiger partial charge in [0.1, 0.15) is 0 Å². The molecule has 3 N–H and O–H groups in total. The van der Waals surface area contributed by atoms with Gasteiger partial charge in [-0.1, -0.05) is 23.7 Å². The Morgan fingerprint density at radius 2 is 1.91 bits per heavy atom. The minimum absolute atomic E-state index is 0. The van der Waals surface area contributed by atoms with Gasteiger partial charge in [-0.2, -0.15) is 0 Å². The lowest BCUT2D eigenvalue weighted by Gasteiger charge is -2.34. The predicted octanol–water partition coefficient (Wildman–Crippen LogP) is 2.64. The highest BCUT2D eigenvalue weighted by Crippen LogP contribution is 2.23. The number of nitrogens with one attached hydrogen (secondary N) is 1. The van der Waals surface area contributed by atoms with Crippen LogP contribution < -0.4 is 11.1 Å². The Balaban J connectivity index is 0.00000264. The van der Waals surface area contributed by atoms with E-state index in [-0.39, 0.29) is 36.1 Å². The summed E-state index contributed by atoms with van der Waals surface area (Å²) in [5.74, 6) is 0.488. The average Bonchev–Trinajstić information content (AvgIpc) is 2.49. The van der Waals surface area contributed by atoms with Gasteiger partial charge >= 0.3 is 0 Å². The van der Waals surface area contributed by atoms with Crippen molar-refractivity contribution in [2.45, 2.75) is 25.9 Å². The maximum absolute atomic E-state index is 6.00. The molecule has 0 spiro atoms. The van der Waals surface area contributed by atoms with Crippen LogP contribution in [0.25, 0.3) is 0 Å². The molecule has 1 fully saturated rings. The molecule has 7 heteroatoms. The molecular weight excluding hydrogens is 427 g/mol. The van der Waals surface area contributed by atoms with Gasteiger partial charge in [-0.3, -0.25) is 9.89 Å². The predicted molar refractivity (Wildman–Crippen MR) is 107 cm³/mol. The standard InChI is InChI=1S/C16H25ClN4O.HI/c1-12(2)20-16(18)19-11-15(21-7-9-22-10-8-21)13-3-5-14(17)6-4-13;/h3-6,12,15H,7-11H2,1-2H3,(H3,18,19,20);1H. The molecule has 1 aliphatic rings. The summed E-state index contributed by atoms with van der Waals surface area (Å²) in [6, 6.07) is 8.43. The van der Waals surface area contributed by atoms with Gasteiger partial charge in [0.15, 0.2) is 5.96 Å². The van der Waals surface area contributed by atoms with Crippen LogP contribution in [0.1, 0.15) is 25.5 Å². The smallest absolute Gasteiger partial charge is 0.188 e. The number of hydrogen-bond donors (Lipinski definition) is 2. The molecule has 130 valence electrons. The van der Waals surface area contributed by atoms with Crippen LogP contribution in [0.4, 0.5) is 0 Å². The molecule has 1 unspecified atom stereocenters. The van der Waals surface area contributed by atoms with Crippen LogP contribution in [-0.2, 0) is 4.74 Å². The van der Waals surface area contributed by atoms with Gasteiger partial charge in [0.05, 0.1) is 25.8 Å². The van der Waals surface area contributed by atoms with E-state index >= 15 is 0 Å². The SMILES string of the molecule is CC(C)NC(N)=NCC(c1ccc(Cl)cc1)N1CCOCC1.I. The molecule has 0 bridgehead atoms. The van der Waals surface area contributed by atoms with Crippen LogP contribution in [0, 0.1) is 0 Å². The fraction of sp³-hybridized carbons (Fsp3) is 0.562. The lowest BCUT2D eigenvalue weighted by molar-refractivity contribution is 0.0180. The van der Waals surface area contributed by atoms with Gasteiger partial charge < -0.3 is 15.8 Å². The largest absolute Gasteiger partial charge is 0.379 e. The molecule has 0 saturated carbocycles. The number of ether oxygens (including phenoxy) is 1. The second kappa shape index (κ2) is 10.3. The van der Waals surface area contributed by atoms with Gasteiger partial charge in [0.2, 0.25) is 0 Å². The van der Waals surface area contributed by atoms with E-state index in [1.807, 2.05) is 26.0 Å². The van der Waals surface area contributed by atoms with Gasteiger partial charge in [-0.25, -0.2) is 0 Å². The number of rotatable bonds is 5. The molecule has 2 rings (SSSR count). The molecule has 0 aliphatic carbocycles. The fourth-order valence-electron chi connectivity index (χ4n) is 2.53. The number of nitrogens with two attached hydrogens (primary N) is 1. The second-order valence-corrected chi connectivity index (χ2v) is 6.18. The van der Waals surface area contributed by atoms with Crippen molar-refractivity contribution < 1.29 is 4.74 Å². The number of aliphatic imine (C=N–C) groups is 1. The van der Waals surface area contributed by atoms with E-state index in [1.165, 1.54) is 5.56 Å². The monoisotopic (exact) mass is 452 g/mol. The zero-order chi connectivity index (χ0) is 15.9. The van der Waals surface area contributed by atoms with Gasteiger partial charge in [0, 0.05) is 24.2 Å². The van der Waals surface area contributed by atoms with Crippen LogP contribution in [-0.4, -0.2) is 49.7 Å². The first kappa shape index (κ1) is 20.5. The lowest BCUT2D eigenvalue weighted by Crippen LogP contribution is -2.41. The minimum Gasteiger partial charge on any atom is -0.379 e. The molecule has 0 amide bonds.